The summed E-state index contributed by atoms with van der Waals surface area (Å²) in [4.78, 5) is 24.3. The van der Waals surface area contributed by atoms with E-state index in [9.17, 15) is 18.0 Å². The molecule has 1 N–H and O–H groups in total. The van der Waals surface area contributed by atoms with Crippen LogP contribution in [0.4, 0.5) is 0 Å². The Bertz CT molecular complexity index is 444. The van der Waals surface area contributed by atoms with Crippen molar-refractivity contribution in [2.75, 3.05) is 24.6 Å². The van der Waals surface area contributed by atoms with Gasteiger partial charge in [0.15, 0.2) is 9.84 Å². The Balaban J connectivity index is 2.23. The molecular weight excluding hydrogens is 232 g/mol. The van der Waals surface area contributed by atoms with Crippen molar-refractivity contribution < 1.29 is 18.0 Å². The maximum atomic E-state index is 11.7. The number of nitrogens with zero attached hydrogens (tertiary/aromatic N) is 1. The Kier molecular flexibility index (Phi) is 2.45. The zero-order chi connectivity index (χ0) is 12.0. The minimum Gasteiger partial charge on any atom is -0.345 e. The maximum Gasteiger partial charge on any atom is 0.242 e. The first-order valence-corrected chi connectivity index (χ1v) is 6.92. The van der Waals surface area contributed by atoms with Gasteiger partial charge < -0.3 is 10.2 Å². The standard InChI is InChI=1S/C9H14N2O4S/c1-9(2-3-16(14,15)6-9)11-5-7(12)10-4-8(11)13/h2-6H2,1H3,(H,10,12). The number of nitrogens with one attached hydrogen (secondary N) is 1. The molecule has 0 radical (unpaired) electrons. The number of hydrogen-bond donors (Lipinski definition) is 1. The molecule has 0 spiro atoms. The van der Waals surface area contributed by atoms with Crippen LogP contribution in [0, 0.1) is 0 Å². The van der Waals surface area contributed by atoms with Crippen LogP contribution in [0.15, 0.2) is 0 Å². The van der Waals surface area contributed by atoms with Gasteiger partial charge in [0, 0.05) is 0 Å². The molecule has 0 bridgehead atoms. The van der Waals surface area contributed by atoms with Crippen LogP contribution in [0.25, 0.3) is 0 Å². The lowest BCUT2D eigenvalue weighted by Gasteiger charge is -2.39. The molecule has 2 saturated heterocycles. The van der Waals surface area contributed by atoms with Crippen molar-refractivity contribution in [1.29, 1.82) is 0 Å². The van der Waals surface area contributed by atoms with Crippen LogP contribution in [-0.2, 0) is 19.4 Å². The highest BCUT2D eigenvalue weighted by atomic mass is 32.2. The number of sulfone groups is 1. The van der Waals surface area contributed by atoms with Gasteiger partial charge in [-0.2, -0.15) is 0 Å². The minimum absolute atomic E-state index is 0.0333. The van der Waals surface area contributed by atoms with Gasteiger partial charge in [0.25, 0.3) is 0 Å². The molecule has 2 fully saturated rings. The molecule has 16 heavy (non-hydrogen) atoms. The van der Waals surface area contributed by atoms with Crippen LogP contribution < -0.4 is 5.32 Å². The molecule has 2 amide bonds. The molecule has 0 aliphatic carbocycles. The Morgan fingerprint density at radius 1 is 1.38 bits per heavy atom. The second-order valence-corrected chi connectivity index (χ2v) is 6.78. The number of piperazine rings is 1. The van der Waals surface area contributed by atoms with Crippen molar-refractivity contribution in [2.24, 2.45) is 0 Å². The smallest absolute Gasteiger partial charge is 0.242 e. The largest absolute Gasteiger partial charge is 0.345 e. The molecule has 0 aromatic rings. The van der Waals surface area contributed by atoms with E-state index in [1.54, 1.807) is 6.92 Å². The van der Waals surface area contributed by atoms with Crippen LogP contribution in [0.2, 0.25) is 0 Å². The molecule has 0 aromatic carbocycles. The fourth-order valence-corrected chi connectivity index (χ4v) is 4.40. The number of hydrogen-bond acceptors (Lipinski definition) is 4. The van der Waals surface area contributed by atoms with Gasteiger partial charge in [-0.05, 0) is 13.3 Å². The number of rotatable bonds is 1. The summed E-state index contributed by atoms with van der Waals surface area (Å²) in [6.45, 7) is 1.66. The van der Waals surface area contributed by atoms with E-state index in [0.717, 1.165) is 0 Å². The average Bonchev–Trinajstić information content (AvgIpc) is 2.46. The molecule has 1 atom stereocenters. The van der Waals surface area contributed by atoms with E-state index >= 15 is 0 Å². The van der Waals surface area contributed by atoms with Crippen molar-refractivity contribution in [2.45, 2.75) is 18.9 Å². The van der Waals surface area contributed by atoms with Gasteiger partial charge in [0.1, 0.15) is 6.54 Å². The summed E-state index contributed by atoms with van der Waals surface area (Å²) >= 11 is 0. The summed E-state index contributed by atoms with van der Waals surface area (Å²) in [6, 6.07) is 0. The normalized spacial score (nSPS) is 33.9. The van der Waals surface area contributed by atoms with Crippen LogP contribution in [0.1, 0.15) is 13.3 Å². The van der Waals surface area contributed by atoms with Gasteiger partial charge in [-0.15, -0.1) is 0 Å². The topological polar surface area (TPSA) is 83.6 Å². The Hall–Kier alpha value is -1.11. The molecule has 7 heteroatoms. The van der Waals surface area contributed by atoms with Crippen molar-refractivity contribution in [3.05, 3.63) is 0 Å². The average molecular weight is 246 g/mol. The van der Waals surface area contributed by atoms with E-state index < -0.39 is 15.4 Å². The fraction of sp³-hybridized carbons (Fsp3) is 0.778. The Labute approximate surface area is 93.9 Å². The lowest BCUT2D eigenvalue weighted by atomic mass is 9.98. The molecule has 1 unspecified atom stereocenters. The fourth-order valence-electron chi connectivity index (χ4n) is 2.26. The quantitative estimate of drug-likeness (QED) is 0.612. The summed E-state index contributed by atoms with van der Waals surface area (Å²) < 4.78 is 22.9. The summed E-state index contributed by atoms with van der Waals surface area (Å²) in [7, 11) is -3.07. The lowest BCUT2D eigenvalue weighted by molar-refractivity contribution is -0.145. The van der Waals surface area contributed by atoms with Gasteiger partial charge >= 0.3 is 0 Å². The number of carbonyl (C=O) groups is 2. The zero-order valence-electron chi connectivity index (χ0n) is 9.02. The molecular formula is C9H14N2O4S. The highest BCUT2D eigenvalue weighted by Gasteiger charge is 2.46. The first kappa shape index (κ1) is 11.4. The van der Waals surface area contributed by atoms with Gasteiger partial charge in [0.05, 0.1) is 23.6 Å². The van der Waals surface area contributed by atoms with Crippen molar-refractivity contribution in [3.63, 3.8) is 0 Å². The van der Waals surface area contributed by atoms with Gasteiger partial charge in [-0.3, -0.25) is 9.59 Å². The number of carbonyl (C=O) groups excluding carboxylic acids is 2. The first-order valence-electron chi connectivity index (χ1n) is 5.10. The van der Waals surface area contributed by atoms with Crippen LogP contribution in [0.3, 0.4) is 0 Å². The molecule has 6 nitrogen and oxygen atoms in total. The van der Waals surface area contributed by atoms with Crippen LogP contribution in [0.5, 0.6) is 0 Å². The van der Waals surface area contributed by atoms with Crippen LogP contribution >= 0.6 is 0 Å². The lowest BCUT2D eigenvalue weighted by Crippen LogP contribution is -2.60. The second kappa shape index (κ2) is 3.44. The highest BCUT2D eigenvalue weighted by Crippen LogP contribution is 2.29. The predicted molar refractivity (Wildman–Crippen MR) is 56.4 cm³/mol. The summed E-state index contributed by atoms with van der Waals surface area (Å²) in [5.74, 6) is -0.391. The third-order valence-corrected chi connectivity index (χ3v) is 5.06. The summed E-state index contributed by atoms with van der Waals surface area (Å²) in [5.41, 5.74) is -0.715. The van der Waals surface area contributed by atoms with Crippen LogP contribution in [-0.4, -0.2) is 55.3 Å². The van der Waals surface area contributed by atoms with E-state index in [0.29, 0.717) is 6.42 Å². The molecule has 2 aliphatic rings. The van der Waals surface area contributed by atoms with Gasteiger partial charge in [0.2, 0.25) is 11.8 Å². The molecule has 2 heterocycles. The SMILES string of the molecule is CC1(N2CC(=O)NCC2=O)CCS(=O)(=O)C1. The summed E-state index contributed by atoms with van der Waals surface area (Å²) in [6.07, 6.45) is 0.411. The highest BCUT2D eigenvalue weighted by molar-refractivity contribution is 7.91. The number of amides is 2. The molecule has 2 aliphatic heterocycles. The summed E-state index contributed by atoms with van der Waals surface area (Å²) in [5, 5.41) is 2.44. The van der Waals surface area contributed by atoms with Crippen molar-refractivity contribution in [3.8, 4) is 0 Å². The van der Waals surface area contributed by atoms with E-state index in [2.05, 4.69) is 5.32 Å². The molecule has 0 saturated carbocycles. The van der Waals surface area contributed by atoms with Crippen molar-refractivity contribution in [1.82, 2.24) is 10.2 Å². The third-order valence-electron chi connectivity index (χ3n) is 3.17. The Morgan fingerprint density at radius 2 is 2.06 bits per heavy atom. The van der Waals surface area contributed by atoms with Gasteiger partial charge in [-0.1, -0.05) is 0 Å². The van der Waals surface area contributed by atoms with Gasteiger partial charge in [-0.25, -0.2) is 8.42 Å². The molecule has 0 aromatic heterocycles. The van der Waals surface area contributed by atoms with E-state index in [1.165, 1.54) is 4.90 Å². The minimum atomic E-state index is -3.07. The maximum absolute atomic E-state index is 11.7. The zero-order valence-corrected chi connectivity index (χ0v) is 9.84. The Morgan fingerprint density at radius 3 is 2.62 bits per heavy atom. The second-order valence-electron chi connectivity index (χ2n) is 4.60. The first-order chi connectivity index (χ1) is 7.32. The van der Waals surface area contributed by atoms with Crippen molar-refractivity contribution >= 4 is 21.7 Å². The predicted octanol–water partition coefficient (Wildman–Crippen LogP) is -1.48. The monoisotopic (exact) mass is 246 g/mol. The van der Waals surface area contributed by atoms with E-state index in [4.69, 9.17) is 0 Å². The third kappa shape index (κ3) is 1.91. The molecule has 90 valence electrons. The van der Waals surface area contributed by atoms with E-state index in [-0.39, 0.29) is 36.4 Å². The van der Waals surface area contributed by atoms with E-state index in [1.807, 2.05) is 0 Å². The molecule has 2 rings (SSSR count).